The first-order valence-electron chi connectivity index (χ1n) is 10.6. The molecule has 0 aliphatic heterocycles. The Hall–Kier alpha value is -3.38. The minimum atomic E-state index is -1.17. The van der Waals surface area contributed by atoms with Gasteiger partial charge in [0, 0.05) is 12.0 Å². The first kappa shape index (κ1) is 23.3. The Kier molecular flexibility index (Phi) is 7.49. The molecule has 2 unspecified atom stereocenters. The van der Waals surface area contributed by atoms with E-state index in [2.05, 4.69) is 11.4 Å². The van der Waals surface area contributed by atoms with Gasteiger partial charge in [-0.2, -0.15) is 0 Å². The van der Waals surface area contributed by atoms with Crippen molar-refractivity contribution in [1.29, 1.82) is 0 Å². The van der Waals surface area contributed by atoms with Gasteiger partial charge in [-0.1, -0.05) is 72.8 Å². The number of nitrogens with one attached hydrogen (secondary N) is 1. The zero-order valence-corrected chi connectivity index (χ0v) is 18.6. The molecule has 32 heavy (non-hydrogen) atoms. The van der Waals surface area contributed by atoms with Crippen molar-refractivity contribution < 1.29 is 24.2 Å². The highest BCUT2D eigenvalue weighted by molar-refractivity contribution is 5.75. The minimum Gasteiger partial charge on any atom is -0.479 e. The van der Waals surface area contributed by atoms with Crippen LogP contribution >= 0.6 is 0 Å². The van der Waals surface area contributed by atoms with E-state index in [9.17, 15) is 14.7 Å². The zero-order valence-electron chi connectivity index (χ0n) is 18.6. The maximum Gasteiger partial charge on any atom is 0.409 e. The van der Waals surface area contributed by atoms with E-state index in [0.717, 1.165) is 16.0 Å². The molecule has 1 amide bonds. The summed E-state index contributed by atoms with van der Waals surface area (Å²) in [5, 5.41) is 14.4. The first-order chi connectivity index (χ1) is 15.2. The molecule has 0 heterocycles. The Bertz CT molecular complexity index is 1100. The first-order valence-corrected chi connectivity index (χ1v) is 10.6. The number of rotatable bonds is 7. The fourth-order valence-electron chi connectivity index (χ4n) is 3.43. The molecule has 0 fully saturated rings. The van der Waals surface area contributed by atoms with Gasteiger partial charge in [0.1, 0.15) is 5.60 Å². The summed E-state index contributed by atoms with van der Waals surface area (Å²) in [4.78, 5) is 24.7. The number of amides is 1. The van der Waals surface area contributed by atoms with E-state index in [1.165, 1.54) is 0 Å². The number of carboxylic acids is 1. The highest BCUT2D eigenvalue weighted by Gasteiger charge is 2.28. The van der Waals surface area contributed by atoms with E-state index in [4.69, 9.17) is 9.47 Å². The van der Waals surface area contributed by atoms with Crippen LogP contribution in [0.2, 0.25) is 0 Å². The van der Waals surface area contributed by atoms with Gasteiger partial charge >= 0.3 is 12.1 Å². The third-order valence-electron chi connectivity index (χ3n) is 4.81. The molecule has 0 saturated heterocycles. The monoisotopic (exact) mass is 435 g/mol. The van der Waals surface area contributed by atoms with E-state index in [0.29, 0.717) is 12.0 Å². The number of carboxylic acid groups (broad SMARTS) is 1. The lowest BCUT2D eigenvalue weighted by atomic mass is 10.1. The number of carbonyl (C=O) groups excluding carboxylic acids is 1. The summed E-state index contributed by atoms with van der Waals surface area (Å²) < 4.78 is 11.5. The second-order valence-electron chi connectivity index (χ2n) is 8.56. The SMILES string of the molecule is CC(C)(C)OC(=O)NC(OC(Cc1ccccc1)C(=O)O)C1=c2ccccc2=CCC=C1. The van der Waals surface area contributed by atoms with Gasteiger partial charge in [-0.15, -0.1) is 0 Å². The molecule has 3 rings (SSSR count). The Balaban J connectivity index is 1.99. The van der Waals surface area contributed by atoms with Crippen molar-refractivity contribution in [3.05, 3.63) is 82.8 Å². The number of benzene rings is 2. The molecule has 2 N–H and O–H groups in total. The van der Waals surface area contributed by atoms with Crippen LogP contribution in [-0.4, -0.2) is 35.1 Å². The summed E-state index contributed by atoms with van der Waals surface area (Å²) in [6.07, 6.45) is 3.90. The smallest absolute Gasteiger partial charge is 0.409 e. The highest BCUT2D eigenvalue weighted by atomic mass is 16.6. The van der Waals surface area contributed by atoms with Gasteiger partial charge in [-0.3, -0.25) is 5.32 Å². The number of hydrogen-bond acceptors (Lipinski definition) is 4. The van der Waals surface area contributed by atoms with Gasteiger partial charge in [-0.25, -0.2) is 9.59 Å². The van der Waals surface area contributed by atoms with Gasteiger partial charge in [0.2, 0.25) is 0 Å². The third-order valence-corrected chi connectivity index (χ3v) is 4.81. The van der Waals surface area contributed by atoms with E-state index in [1.807, 2.05) is 66.7 Å². The Morgan fingerprint density at radius 1 is 1.06 bits per heavy atom. The fourth-order valence-corrected chi connectivity index (χ4v) is 3.43. The molecule has 0 bridgehead atoms. The Morgan fingerprint density at radius 3 is 2.44 bits per heavy atom. The molecular formula is C26H29NO5. The summed E-state index contributed by atoms with van der Waals surface area (Å²) in [5.74, 6) is -1.11. The lowest BCUT2D eigenvalue weighted by molar-refractivity contribution is -0.153. The molecular weight excluding hydrogens is 406 g/mol. The highest BCUT2D eigenvalue weighted by Crippen LogP contribution is 2.16. The predicted molar refractivity (Wildman–Crippen MR) is 123 cm³/mol. The summed E-state index contributed by atoms with van der Waals surface area (Å²) in [7, 11) is 0. The molecule has 0 saturated carbocycles. The van der Waals surface area contributed by atoms with Crippen molar-refractivity contribution in [2.75, 3.05) is 0 Å². The largest absolute Gasteiger partial charge is 0.479 e. The molecule has 1 aliphatic rings. The number of alkyl carbamates (subject to hydrolysis) is 1. The molecule has 2 aromatic carbocycles. The molecule has 0 radical (unpaired) electrons. The maximum absolute atomic E-state index is 12.6. The maximum atomic E-state index is 12.6. The number of fused-ring (bicyclic) bond motifs is 1. The van der Waals surface area contributed by atoms with Crippen molar-refractivity contribution >= 4 is 23.7 Å². The van der Waals surface area contributed by atoms with E-state index in [1.54, 1.807) is 20.8 Å². The van der Waals surface area contributed by atoms with Crippen LogP contribution < -0.4 is 15.8 Å². The molecule has 0 spiro atoms. The summed E-state index contributed by atoms with van der Waals surface area (Å²) in [6.45, 7) is 5.29. The van der Waals surface area contributed by atoms with Crippen molar-refractivity contribution in [2.24, 2.45) is 0 Å². The lowest BCUT2D eigenvalue weighted by Crippen LogP contribution is -2.46. The fraction of sp³-hybridized carbons (Fsp3) is 0.308. The van der Waals surface area contributed by atoms with Crippen LogP contribution in [-0.2, 0) is 20.7 Å². The normalized spacial score (nSPS) is 15.0. The molecule has 1 aliphatic carbocycles. The standard InChI is InChI=1S/C26H29NO5/c1-26(2,3)32-25(30)27-23(21-16-10-8-14-19-13-7-9-15-20(19)21)31-22(24(28)29)17-18-11-5-4-6-12-18/h4-7,9-16,22-23H,8,17H2,1-3H3,(H,27,30)(H,28,29). The summed E-state index contributed by atoms with van der Waals surface area (Å²) in [5.41, 5.74) is 0.783. The second-order valence-corrected chi connectivity index (χ2v) is 8.56. The summed E-state index contributed by atoms with van der Waals surface area (Å²) >= 11 is 0. The number of allylic oxidation sites excluding steroid dienone is 1. The molecule has 6 nitrogen and oxygen atoms in total. The van der Waals surface area contributed by atoms with E-state index >= 15 is 0 Å². The van der Waals surface area contributed by atoms with Crippen molar-refractivity contribution in [2.45, 2.75) is 51.5 Å². The zero-order chi connectivity index (χ0) is 23.1. The van der Waals surface area contributed by atoms with Crippen LogP contribution in [0.25, 0.3) is 11.6 Å². The molecule has 2 aromatic rings. The average molecular weight is 436 g/mol. The van der Waals surface area contributed by atoms with Gasteiger partial charge in [-0.05, 0) is 43.2 Å². The van der Waals surface area contributed by atoms with Gasteiger partial charge < -0.3 is 14.6 Å². The van der Waals surface area contributed by atoms with E-state index in [-0.39, 0.29) is 6.42 Å². The second kappa shape index (κ2) is 10.3. The van der Waals surface area contributed by atoms with Crippen LogP contribution in [0.3, 0.4) is 0 Å². The molecule has 168 valence electrons. The summed E-state index contributed by atoms with van der Waals surface area (Å²) in [6, 6.07) is 17.0. The number of ether oxygens (including phenoxy) is 2. The number of aliphatic carboxylic acids is 1. The van der Waals surface area contributed by atoms with Crippen LogP contribution in [0, 0.1) is 0 Å². The topological polar surface area (TPSA) is 84.9 Å². The predicted octanol–water partition coefficient (Wildman–Crippen LogP) is 3.14. The van der Waals surface area contributed by atoms with Crippen LogP contribution in [0.4, 0.5) is 4.79 Å². The Labute approximate surface area is 187 Å². The molecule has 2 atom stereocenters. The van der Waals surface area contributed by atoms with Gasteiger partial charge in [0.15, 0.2) is 12.3 Å². The third kappa shape index (κ3) is 6.56. The number of hydrogen-bond donors (Lipinski definition) is 2. The number of carbonyl (C=O) groups is 2. The minimum absolute atomic E-state index is 0.160. The average Bonchev–Trinajstić information content (AvgIpc) is 2.94. The van der Waals surface area contributed by atoms with Crippen molar-refractivity contribution in [1.82, 2.24) is 5.32 Å². The van der Waals surface area contributed by atoms with Gasteiger partial charge in [0.05, 0.1) is 0 Å². The Morgan fingerprint density at radius 2 is 1.75 bits per heavy atom. The van der Waals surface area contributed by atoms with Crippen molar-refractivity contribution in [3.8, 4) is 0 Å². The van der Waals surface area contributed by atoms with Crippen LogP contribution in [0.15, 0.2) is 66.7 Å². The van der Waals surface area contributed by atoms with Gasteiger partial charge in [0.25, 0.3) is 0 Å². The molecule has 6 heteroatoms. The molecule has 0 aromatic heterocycles. The quantitative estimate of drug-likeness (QED) is 0.653. The lowest BCUT2D eigenvalue weighted by Gasteiger charge is -2.27. The van der Waals surface area contributed by atoms with E-state index < -0.39 is 30.0 Å². The van der Waals surface area contributed by atoms with Crippen molar-refractivity contribution in [3.63, 3.8) is 0 Å². The van der Waals surface area contributed by atoms with Crippen LogP contribution in [0.1, 0.15) is 32.8 Å². The van der Waals surface area contributed by atoms with Crippen LogP contribution in [0.5, 0.6) is 0 Å².